The second-order valence-corrected chi connectivity index (χ2v) is 4.50. The fraction of sp³-hybridized carbons (Fsp3) is 0.0769. The number of nitrogens with one attached hydrogen (secondary N) is 2. The molecular weight excluding hydrogens is 282 g/mol. The van der Waals surface area contributed by atoms with E-state index < -0.39 is 0 Å². The van der Waals surface area contributed by atoms with Gasteiger partial charge in [-0.05, 0) is 42.5 Å². The lowest BCUT2D eigenvalue weighted by Crippen LogP contribution is -2.19. The Hall–Kier alpha value is -1.85. The summed E-state index contributed by atoms with van der Waals surface area (Å²) in [4.78, 5) is 3.93. The minimum Gasteiger partial charge on any atom is -0.495 e. The number of nitrogens with zero attached hydrogens (tertiary/aromatic N) is 1. The molecule has 1 aromatic heterocycles. The fourth-order valence-corrected chi connectivity index (χ4v) is 1.90. The van der Waals surface area contributed by atoms with E-state index in [-0.39, 0.29) is 0 Å². The number of ether oxygens (including phenoxy) is 1. The van der Waals surface area contributed by atoms with Crippen molar-refractivity contribution in [2.75, 3.05) is 17.7 Å². The summed E-state index contributed by atoms with van der Waals surface area (Å²) < 4.78 is 5.23. The van der Waals surface area contributed by atoms with Crippen molar-refractivity contribution >= 4 is 40.3 Å². The number of hydrogen-bond acceptors (Lipinski definition) is 3. The number of methoxy groups -OCH3 is 1. The second kappa shape index (κ2) is 6.36. The Kier molecular flexibility index (Phi) is 4.54. The smallest absolute Gasteiger partial charge is 0.175 e. The Morgan fingerprint density at radius 2 is 1.95 bits per heavy atom. The van der Waals surface area contributed by atoms with Crippen LogP contribution in [0.4, 0.5) is 11.4 Å². The molecule has 0 atom stereocenters. The van der Waals surface area contributed by atoms with E-state index in [1.807, 2.05) is 12.1 Å². The first-order valence-electron chi connectivity index (χ1n) is 5.50. The van der Waals surface area contributed by atoms with Crippen LogP contribution in [0, 0.1) is 0 Å². The fourth-order valence-electron chi connectivity index (χ4n) is 1.50. The van der Waals surface area contributed by atoms with Crippen molar-refractivity contribution in [2.24, 2.45) is 0 Å². The summed E-state index contributed by atoms with van der Waals surface area (Å²) in [5.41, 5.74) is 1.56. The molecule has 2 aromatic rings. The van der Waals surface area contributed by atoms with Gasteiger partial charge in [0, 0.05) is 23.1 Å². The summed E-state index contributed by atoms with van der Waals surface area (Å²) >= 11 is 11.2. The zero-order chi connectivity index (χ0) is 13.7. The lowest BCUT2D eigenvalue weighted by atomic mass is 10.3. The molecule has 6 heteroatoms. The van der Waals surface area contributed by atoms with E-state index in [4.69, 9.17) is 28.6 Å². The van der Waals surface area contributed by atoms with Crippen LogP contribution < -0.4 is 15.4 Å². The number of benzene rings is 1. The maximum atomic E-state index is 5.95. The van der Waals surface area contributed by atoms with Crippen molar-refractivity contribution in [3.8, 4) is 5.75 Å². The van der Waals surface area contributed by atoms with Crippen LogP contribution >= 0.6 is 23.8 Å². The summed E-state index contributed by atoms with van der Waals surface area (Å²) in [6, 6.07) is 8.93. The van der Waals surface area contributed by atoms with Crippen LogP contribution in [-0.4, -0.2) is 17.2 Å². The van der Waals surface area contributed by atoms with Gasteiger partial charge in [0.05, 0.1) is 12.8 Å². The molecule has 4 nitrogen and oxygen atoms in total. The van der Waals surface area contributed by atoms with Crippen molar-refractivity contribution in [3.05, 3.63) is 47.7 Å². The highest BCUT2D eigenvalue weighted by atomic mass is 35.5. The third-order valence-corrected chi connectivity index (χ3v) is 2.79. The summed E-state index contributed by atoms with van der Waals surface area (Å²) in [5.74, 6) is 0.670. The van der Waals surface area contributed by atoms with Crippen molar-refractivity contribution in [1.29, 1.82) is 0 Å². The van der Waals surface area contributed by atoms with E-state index in [2.05, 4.69) is 15.6 Å². The molecule has 0 bridgehead atoms. The monoisotopic (exact) mass is 293 g/mol. The zero-order valence-corrected chi connectivity index (χ0v) is 11.8. The molecule has 0 aliphatic rings. The lowest BCUT2D eigenvalue weighted by Gasteiger charge is -2.13. The summed E-state index contributed by atoms with van der Waals surface area (Å²) in [6.45, 7) is 0. The molecule has 0 fully saturated rings. The quantitative estimate of drug-likeness (QED) is 0.848. The van der Waals surface area contributed by atoms with Gasteiger partial charge < -0.3 is 15.4 Å². The number of pyridine rings is 1. The highest BCUT2D eigenvalue weighted by molar-refractivity contribution is 7.80. The molecule has 0 saturated heterocycles. The Labute approximate surface area is 121 Å². The molecule has 0 amide bonds. The van der Waals surface area contributed by atoms with Crippen LogP contribution in [-0.2, 0) is 0 Å². The van der Waals surface area contributed by atoms with Gasteiger partial charge in [0.1, 0.15) is 5.75 Å². The molecule has 1 aromatic carbocycles. The van der Waals surface area contributed by atoms with Gasteiger partial charge in [-0.25, -0.2) is 0 Å². The molecule has 1 heterocycles. The normalized spacial score (nSPS) is 9.79. The van der Waals surface area contributed by atoms with Gasteiger partial charge >= 0.3 is 0 Å². The zero-order valence-electron chi connectivity index (χ0n) is 10.2. The Balaban J connectivity index is 2.09. The first-order valence-corrected chi connectivity index (χ1v) is 6.29. The minimum absolute atomic E-state index is 0.451. The first kappa shape index (κ1) is 13.6. The van der Waals surface area contributed by atoms with Crippen LogP contribution in [0.15, 0.2) is 42.7 Å². The maximum absolute atomic E-state index is 5.95. The molecule has 0 unspecified atom stereocenters. The molecule has 19 heavy (non-hydrogen) atoms. The topological polar surface area (TPSA) is 46.2 Å². The van der Waals surface area contributed by atoms with Crippen molar-refractivity contribution in [1.82, 2.24) is 4.98 Å². The van der Waals surface area contributed by atoms with E-state index in [0.29, 0.717) is 21.6 Å². The average Bonchev–Trinajstić information content (AvgIpc) is 2.40. The molecule has 98 valence electrons. The number of halogens is 1. The maximum Gasteiger partial charge on any atom is 0.175 e. The lowest BCUT2D eigenvalue weighted by molar-refractivity contribution is 0.417. The Morgan fingerprint density at radius 1 is 1.21 bits per heavy atom. The van der Waals surface area contributed by atoms with Crippen molar-refractivity contribution in [3.63, 3.8) is 0 Å². The van der Waals surface area contributed by atoms with Gasteiger partial charge in [-0.15, -0.1) is 0 Å². The van der Waals surface area contributed by atoms with Crippen LogP contribution in [0.3, 0.4) is 0 Å². The van der Waals surface area contributed by atoms with Gasteiger partial charge in [0.2, 0.25) is 0 Å². The van der Waals surface area contributed by atoms with E-state index in [1.165, 1.54) is 0 Å². The minimum atomic E-state index is 0.451. The van der Waals surface area contributed by atoms with Gasteiger partial charge in [0.25, 0.3) is 0 Å². The molecule has 0 aliphatic heterocycles. The van der Waals surface area contributed by atoms with E-state index in [9.17, 15) is 0 Å². The van der Waals surface area contributed by atoms with Crippen LogP contribution in [0.5, 0.6) is 5.75 Å². The molecule has 2 rings (SSSR count). The summed E-state index contributed by atoms with van der Waals surface area (Å²) in [7, 11) is 1.59. The third kappa shape index (κ3) is 3.81. The number of hydrogen-bond donors (Lipinski definition) is 2. The number of aromatic nitrogens is 1. The second-order valence-electron chi connectivity index (χ2n) is 3.66. The van der Waals surface area contributed by atoms with Crippen molar-refractivity contribution < 1.29 is 4.74 Å². The van der Waals surface area contributed by atoms with Crippen LogP contribution in [0.1, 0.15) is 0 Å². The average molecular weight is 294 g/mol. The molecular formula is C13H12ClN3OS. The third-order valence-electron chi connectivity index (χ3n) is 2.35. The van der Waals surface area contributed by atoms with E-state index in [0.717, 1.165) is 5.69 Å². The van der Waals surface area contributed by atoms with Crippen molar-refractivity contribution in [2.45, 2.75) is 0 Å². The Bertz CT molecular complexity index is 577. The molecule has 0 saturated carbocycles. The molecule has 0 radical (unpaired) electrons. The predicted molar refractivity (Wildman–Crippen MR) is 82.1 cm³/mol. The number of thiocarbonyl (C=S) groups is 1. The largest absolute Gasteiger partial charge is 0.495 e. The van der Waals surface area contributed by atoms with Crippen LogP contribution in [0.25, 0.3) is 0 Å². The number of rotatable bonds is 3. The first-order chi connectivity index (χ1) is 9.19. The van der Waals surface area contributed by atoms with Gasteiger partial charge in [0.15, 0.2) is 5.11 Å². The summed E-state index contributed by atoms with van der Waals surface area (Å²) in [6.07, 6.45) is 3.37. The van der Waals surface area contributed by atoms with Gasteiger partial charge in [-0.3, -0.25) is 4.98 Å². The van der Waals surface area contributed by atoms with E-state index in [1.54, 1.807) is 37.7 Å². The van der Waals surface area contributed by atoms with Gasteiger partial charge in [-0.2, -0.15) is 0 Å². The standard InChI is InChI=1S/C13H12ClN3OS/c1-18-12-3-2-9(14)8-11(12)17-13(19)16-10-4-6-15-7-5-10/h2-8H,1H3,(H2,15,16,17,19). The Morgan fingerprint density at radius 3 is 2.63 bits per heavy atom. The highest BCUT2D eigenvalue weighted by Gasteiger charge is 2.06. The highest BCUT2D eigenvalue weighted by Crippen LogP contribution is 2.27. The molecule has 0 aliphatic carbocycles. The molecule has 2 N–H and O–H groups in total. The molecule has 0 spiro atoms. The van der Waals surface area contributed by atoms with Crippen LogP contribution in [0.2, 0.25) is 5.02 Å². The number of anilines is 2. The van der Waals surface area contributed by atoms with E-state index >= 15 is 0 Å². The van der Waals surface area contributed by atoms with Gasteiger partial charge in [-0.1, -0.05) is 11.6 Å². The predicted octanol–water partition coefficient (Wildman–Crippen LogP) is 3.55. The SMILES string of the molecule is COc1ccc(Cl)cc1NC(=S)Nc1ccncc1. The summed E-state index contributed by atoms with van der Waals surface area (Å²) in [5, 5.41) is 7.14.